The molecule has 0 saturated heterocycles. The summed E-state index contributed by atoms with van der Waals surface area (Å²) in [6, 6.07) is 0. The molecule has 0 aliphatic rings. The minimum Gasteiger partial charge on any atom is -0.460 e. The van der Waals surface area contributed by atoms with Crippen LogP contribution >= 0.6 is 11.3 Å². The van der Waals surface area contributed by atoms with Gasteiger partial charge < -0.3 is 10.1 Å². The fraction of sp³-hybridized carbons (Fsp3) is 0.500. The van der Waals surface area contributed by atoms with Gasteiger partial charge in [0.2, 0.25) is 0 Å². The van der Waals surface area contributed by atoms with Gasteiger partial charge in [-0.3, -0.25) is 4.79 Å². The number of thiazole rings is 1. The van der Waals surface area contributed by atoms with E-state index in [-0.39, 0.29) is 10.0 Å². The summed E-state index contributed by atoms with van der Waals surface area (Å²) in [4.78, 5) is 13.8. The van der Waals surface area contributed by atoms with Gasteiger partial charge in [-0.15, -0.1) is 0 Å². The lowest BCUT2D eigenvalue weighted by Gasteiger charge is -2.05. The number of anilines is 1. The third-order valence-electron chi connectivity index (χ3n) is 1.59. The second kappa shape index (κ2) is 4.69. The summed E-state index contributed by atoms with van der Waals surface area (Å²) >= 11 is 0.809. The zero-order chi connectivity index (χ0) is 12.3. The van der Waals surface area contributed by atoms with E-state index in [2.05, 4.69) is 15.0 Å². The first-order valence-electron chi connectivity index (χ1n) is 4.22. The molecule has 0 bridgehead atoms. The minimum atomic E-state index is -4.54. The van der Waals surface area contributed by atoms with Crippen molar-refractivity contribution in [3.8, 4) is 0 Å². The van der Waals surface area contributed by atoms with Crippen LogP contribution < -0.4 is 5.32 Å². The Bertz CT molecular complexity index is 389. The maximum absolute atomic E-state index is 12.5. The lowest BCUT2D eigenvalue weighted by atomic mass is 10.3. The van der Waals surface area contributed by atoms with Crippen molar-refractivity contribution in [2.75, 3.05) is 12.4 Å². The van der Waals surface area contributed by atoms with Crippen molar-refractivity contribution in [1.29, 1.82) is 0 Å². The van der Waals surface area contributed by atoms with Crippen LogP contribution in [0.2, 0.25) is 0 Å². The highest BCUT2D eigenvalue weighted by atomic mass is 32.1. The van der Waals surface area contributed by atoms with E-state index in [0.29, 0.717) is 0 Å². The molecule has 0 unspecified atom stereocenters. The first kappa shape index (κ1) is 12.8. The quantitative estimate of drug-likeness (QED) is 0.841. The Kier molecular flexibility index (Phi) is 3.74. The van der Waals surface area contributed by atoms with Gasteiger partial charge in [-0.25, -0.2) is 4.98 Å². The molecule has 0 aliphatic carbocycles. The molecule has 0 amide bonds. The molecule has 1 rings (SSSR count). The van der Waals surface area contributed by atoms with Gasteiger partial charge in [-0.2, -0.15) is 13.2 Å². The Hall–Kier alpha value is -1.31. The first-order valence-corrected chi connectivity index (χ1v) is 5.04. The Labute approximate surface area is 93.4 Å². The lowest BCUT2D eigenvalue weighted by molar-refractivity contribution is -0.146. The smallest absolute Gasteiger partial charge is 0.434 e. The van der Waals surface area contributed by atoms with E-state index < -0.39 is 24.4 Å². The molecular weight excluding hydrogens is 245 g/mol. The van der Waals surface area contributed by atoms with Gasteiger partial charge in [0, 0.05) is 14.0 Å². The van der Waals surface area contributed by atoms with E-state index in [1.54, 1.807) is 0 Å². The Morgan fingerprint density at radius 2 is 2.19 bits per heavy atom. The molecular formula is C8H9F3N2O2S. The molecule has 0 radical (unpaired) electrons. The van der Waals surface area contributed by atoms with Crippen LogP contribution in [0.1, 0.15) is 17.5 Å². The molecule has 90 valence electrons. The zero-order valence-electron chi connectivity index (χ0n) is 8.51. The van der Waals surface area contributed by atoms with Crippen LogP contribution in [-0.4, -0.2) is 18.0 Å². The van der Waals surface area contributed by atoms with Crippen LogP contribution in [0, 0.1) is 0 Å². The maximum atomic E-state index is 12.5. The number of ether oxygens (including phenoxy) is 1. The maximum Gasteiger partial charge on any atom is 0.434 e. The van der Waals surface area contributed by atoms with Gasteiger partial charge in [0.1, 0.15) is 6.61 Å². The van der Waals surface area contributed by atoms with Gasteiger partial charge in [-0.05, 0) is 0 Å². The molecule has 0 aliphatic heterocycles. The van der Waals surface area contributed by atoms with E-state index >= 15 is 0 Å². The van der Waals surface area contributed by atoms with Crippen molar-refractivity contribution in [3.63, 3.8) is 0 Å². The predicted octanol–water partition coefficient (Wildman–Crippen LogP) is 2.27. The Morgan fingerprint density at radius 1 is 1.56 bits per heavy atom. The summed E-state index contributed by atoms with van der Waals surface area (Å²) < 4.78 is 42.0. The Balaban J connectivity index is 2.96. The topological polar surface area (TPSA) is 51.2 Å². The van der Waals surface area contributed by atoms with Gasteiger partial charge in [0.05, 0.1) is 4.88 Å². The molecule has 0 fully saturated rings. The van der Waals surface area contributed by atoms with Crippen LogP contribution in [0.3, 0.4) is 0 Å². The van der Waals surface area contributed by atoms with Crippen LogP contribution in [0.25, 0.3) is 0 Å². The average Bonchev–Trinajstić information content (AvgIpc) is 2.57. The van der Waals surface area contributed by atoms with Crippen molar-refractivity contribution >= 4 is 22.4 Å². The lowest BCUT2D eigenvalue weighted by Crippen LogP contribution is -2.10. The van der Waals surface area contributed by atoms with Gasteiger partial charge in [0.15, 0.2) is 10.8 Å². The van der Waals surface area contributed by atoms with E-state index in [0.717, 1.165) is 18.3 Å². The highest BCUT2D eigenvalue weighted by Crippen LogP contribution is 2.36. The molecule has 0 aromatic carbocycles. The largest absolute Gasteiger partial charge is 0.460 e. The SMILES string of the molecule is CNc1nc(C(F)(F)F)c(COC(C)=O)s1. The average molecular weight is 254 g/mol. The van der Waals surface area contributed by atoms with Crippen LogP contribution in [0.5, 0.6) is 0 Å². The number of hydrogen-bond acceptors (Lipinski definition) is 5. The molecule has 1 aromatic rings. The zero-order valence-corrected chi connectivity index (χ0v) is 9.33. The molecule has 4 nitrogen and oxygen atoms in total. The predicted molar refractivity (Wildman–Crippen MR) is 52.1 cm³/mol. The van der Waals surface area contributed by atoms with E-state index in [9.17, 15) is 18.0 Å². The summed E-state index contributed by atoms with van der Waals surface area (Å²) in [6.45, 7) is 0.719. The number of hydrogen-bond donors (Lipinski definition) is 1. The van der Waals surface area contributed by atoms with Crippen molar-refractivity contribution < 1.29 is 22.7 Å². The Morgan fingerprint density at radius 3 is 2.62 bits per heavy atom. The normalized spacial score (nSPS) is 11.3. The highest BCUT2D eigenvalue weighted by Gasteiger charge is 2.37. The standard InChI is InChI=1S/C8H9F3N2O2S/c1-4(14)15-3-5-6(8(9,10)11)13-7(12-2)16-5/h3H2,1-2H3,(H,12,13). The summed E-state index contributed by atoms with van der Waals surface area (Å²) in [5.74, 6) is -0.632. The van der Waals surface area contributed by atoms with Crippen LogP contribution in [0.4, 0.5) is 18.3 Å². The molecule has 8 heteroatoms. The van der Waals surface area contributed by atoms with Crippen LogP contribution in [-0.2, 0) is 22.3 Å². The molecule has 1 heterocycles. The third-order valence-corrected chi connectivity index (χ3v) is 2.63. The van der Waals surface area contributed by atoms with E-state index in [1.807, 2.05) is 0 Å². The fourth-order valence-electron chi connectivity index (χ4n) is 0.945. The summed E-state index contributed by atoms with van der Waals surface area (Å²) in [6.07, 6.45) is -4.54. The fourth-order valence-corrected chi connectivity index (χ4v) is 1.79. The minimum absolute atomic E-state index is 0.118. The monoisotopic (exact) mass is 254 g/mol. The number of rotatable bonds is 3. The van der Waals surface area contributed by atoms with Crippen molar-refractivity contribution in [2.45, 2.75) is 19.7 Å². The summed E-state index contributed by atoms with van der Waals surface area (Å²) in [7, 11) is 1.47. The molecule has 0 saturated carbocycles. The molecule has 0 spiro atoms. The molecule has 16 heavy (non-hydrogen) atoms. The number of carbonyl (C=O) groups excluding carboxylic acids is 1. The molecule has 0 atom stereocenters. The van der Waals surface area contributed by atoms with Gasteiger partial charge in [0.25, 0.3) is 0 Å². The number of halogens is 3. The van der Waals surface area contributed by atoms with Crippen molar-refractivity contribution in [3.05, 3.63) is 10.6 Å². The number of esters is 1. The number of nitrogens with one attached hydrogen (secondary N) is 1. The number of alkyl halides is 3. The third kappa shape index (κ3) is 3.09. The number of aromatic nitrogens is 1. The number of nitrogens with zero attached hydrogens (tertiary/aromatic N) is 1. The van der Waals surface area contributed by atoms with Gasteiger partial charge >= 0.3 is 12.1 Å². The summed E-state index contributed by atoms with van der Waals surface area (Å²) in [5, 5.41) is 2.65. The van der Waals surface area contributed by atoms with E-state index in [1.165, 1.54) is 7.05 Å². The van der Waals surface area contributed by atoms with Gasteiger partial charge in [-0.1, -0.05) is 11.3 Å². The number of carbonyl (C=O) groups is 1. The van der Waals surface area contributed by atoms with E-state index in [4.69, 9.17) is 0 Å². The van der Waals surface area contributed by atoms with Crippen LogP contribution in [0.15, 0.2) is 0 Å². The molecule has 1 N–H and O–H groups in total. The molecule has 1 aromatic heterocycles. The summed E-state index contributed by atoms with van der Waals surface area (Å²) in [5.41, 5.74) is -1.01. The second-order valence-electron chi connectivity index (χ2n) is 2.82. The van der Waals surface area contributed by atoms with Crippen molar-refractivity contribution in [1.82, 2.24) is 4.98 Å². The first-order chi connectivity index (χ1) is 7.34. The van der Waals surface area contributed by atoms with Crippen molar-refractivity contribution in [2.24, 2.45) is 0 Å². The highest BCUT2D eigenvalue weighted by molar-refractivity contribution is 7.15. The second-order valence-corrected chi connectivity index (χ2v) is 3.90.